The second kappa shape index (κ2) is 12.9. The Labute approximate surface area is 374 Å². The Balaban J connectivity index is 1.12. The number of benzene rings is 5. The molecule has 8 aliphatic carbocycles. The number of aromatic nitrogens is 2. The number of rotatable bonds is 2. The maximum atomic E-state index is 2.69. The summed E-state index contributed by atoms with van der Waals surface area (Å²) in [5, 5.41) is 3.99. The second-order valence-corrected chi connectivity index (χ2v) is 19.3. The van der Waals surface area contributed by atoms with Crippen molar-refractivity contribution < 1.29 is 0 Å². The summed E-state index contributed by atoms with van der Waals surface area (Å²) >= 11 is 0. The molecule has 0 fully saturated rings. The third kappa shape index (κ3) is 4.24. The van der Waals surface area contributed by atoms with E-state index in [-0.39, 0.29) is 0 Å². The molecular weight excluding hydrogens is 773 g/mol. The largest absolute Gasteiger partial charge is 0.310 e. The molecule has 2 aromatic heterocycles. The Morgan fingerprint density at radius 3 is 1.97 bits per heavy atom. The van der Waals surface area contributed by atoms with Crippen LogP contribution >= 0.6 is 0 Å². The maximum absolute atomic E-state index is 2.69. The van der Waals surface area contributed by atoms with Crippen LogP contribution in [0.3, 0.4) is 0 Å². The molecule has 2 nitrogen and oxygen atoms in total. The summed E-state index contributed by atoms with van der Waals surface area (Å²) in [7, 11) is 0. The van der Waals surface area contributed by atoms with E-state index in [1.165, 1.54) is 94.3 Å². The molecule has 8 aliphatic rings. The molecule has 0 N–H and O–H groups in total. The number of aryl methyl sites for hydroxylation is 1. The Hall–Kier alpha value is -6.90. The predicted molar refractivity (Wildman–Crippen MR) is 265 cm³/mol. The van der Waals surface area contributed by atoms with Gasteiger partial charge in [0, 0.05) is 39.1 Å². The van der Waals surface area contributed by atoms with Crippen LogP contribution in [0.5, 0.6) is 0 Å². The first-order valence-electron chi connectivity index (χ1n) is 23.9. The molecule has 0 amide bonds. The van der Waals surface area contributed by atoms with E-state index in [2.05, 4.69) is 185 Å². The van der Waals surface area contributed by atoms with Crippen molar-refractivity contribution in [1.82, 2.24) is 9.13 Å². The fraction of sp³-hybridized carbons (Fsp3) is 0.194. The van der Waals surface area contributed by atoms with Crippen LogP contribution in [-0.2, 0) is 17.3 Å². The standard InChI is InChI=1S/C62H48N2/c1-9-25-49-41(17-1)42-18-2-10-26-50(42)61(49)53-35-33-40(64-59-31-15-7-23-47(59)48-24-8-16-32-60(48)64)38-56(53)62(51-27-11-3-19-43(51)44-20-4-12-28-52(44)62)54-36-34-39(37-55(54)61)63-57-29-13-5-21-45(57)46-22-6-14-30-58(46)63/h1-2,5,7-9,11,13-16,18,20-21,23-25,27-38,41H,3-4,6,10,12,17,19,22,26H2. The van der Waals surface area contributed by atoms with Gasteiger partial charge in [0.15, 0.2) is 0 Å². The molecule has 0 aliphatic heterocycles. The van der Waals surface area contributed by atoms with Gasteiger partial charge in [-0.1, -0.05) is 127 Å². The monoisotopic (exact) mass is 820 g/mol. The van der Waals surface area contributed by atoms with Crippen molar-refractivity contribution in [3.8, 4) is 11.4 Å². The van der Waals surface area contributed by atoms with Crippen molar-refractivity contribution in [2.45, 2.75) is 68.6 Å². The molecule has 5 aromatic carbocycles. The van der Waals surface area contributed by atoms with Crippen LogP contribution < -0.4 is 0 Å². The Morgan fingerprint density at radius 1 is 0.516 bits per heavy atom. The molecule has 2 heteroatoms. The Morgan fingerprint density at radius 2 is 1.16 bits per heavy atom. The first-order chi connectivity index (χ1) is 31.8. The van der Waals surface area contributed by atoms with Gasteiger partial charge in [0.25, 0.3) is 0 Å². The first kappa shape index (κ1) is 35.5. The van der Waals surface area contributed by atoms with Gasteiger partial charge in [-0.05, 0) is 173 Å². The molecule has 0 saturated carbocycles. The van der Waals surface area contributed by atoms with Crippen LogP contribution in [0.4, 0.5) is 0 Å². The van der Waals surface area contributed by atoms with Crippen molar-refractivity contribution in [3.63, 3.8) is 0 Å². The molecule has 3 atom stereocenters. The summed E-state index contributed by atoms with van der Waals surface area (Å²) in [6, 6.07) is 42.8. The van der Waals surface area contributed by atoms with Crippen LogP contribution in [0.25, 0.3) is 50.2 Å². The minimum atomic E-state index is -0.464. The second-order valence-electron chi connectivity index (χ2n) is 19.3. The molecular formula is C62H48N2. The topological polar surface area (TPSA) is 9.86 Å². The Kier molecular flexibility index (Phi) is 7.14. The van der Waals surface area contributed by atoms with Crippen LogP contribution in [0.15, 0.2) is 209 Å². The summed E-state index contributed by atoms with van der Waals surface area (Å²) in [4.78, 5) is 0. The van der Waals surface area contributed by atoms with E-state index in [1.54, 1.807) is 22.3 Å². The summed E-state index contributed by atoms with van der Waals surface area (Å²) < 4.78 is 5.16. The highest BCUT2D eigenvalue weighted by Gasteiger charge is 2.62. The molecule has 15 rings (SSSR count). The minimum Gasteiger partial charge on any atom is -0.310 e. The summed E-state index contributed by atoms with van der Waals surface area (Å²) in [6.45, 7) is 0. The summed E-state index contributed by atoms with van der Waals surface area (Å²) in [5.74, 6) is 0.354. The van der Waals surface area contributed by atoms with E-state index in [9.17, 15) is 0 Å². The predicted octanol–water partition coefficient (Wildman–Crippen LogP) is 15.0. The van der Waals surface area contributed by atoms with Gasteiger partial charge < -0.3 is 9.13 Å². The maximum Gasteiger partial charge on any atom is 0.0714 e. The lowest BCUT2D eigenvalue weighted by Gasteiger charge is -2.51. The van der Waals surface area contributed by atoms with Crippen molar-refractivity contribution in [2.24, 2.45) is 5.92 Å². The molecule has 2 spiro atoms. The van der Waals surface area contributed by atoms with Crippen LogP contribution in [-0.4, -0.2) is 9.13 Å². The molecule has 306 valence electrons. The smallest absolute Gasteiger partial charge is 0.0714 e. The summed E-state index contributed by atoms with van der Waals surface area (Å²) in [5.41, 5.74) is 25.0. The normalized spacial score (nSPS) is 24.5. The van der Waals surface area contributed by atoms with Crippen molar-refractivity contribution in [3.05, 3.63) is 242 Å². The van der Waals surface area contributed by atoms with E-state index in [1.807, 2.05) is 0 Å². The molecule has 7 aromatic rings. The van der Waals surface area contributed by atoms with E-state index in [4.69, 9.17) is 0 Å². The minimum absolute atomic E-state index is 0.354. The van der Waals surface area contributed by atoms with Crippen LogP contribution in [0.1, 0.15) is 84.9 Å². The first-order valence-corrected chi connectivity index (χ1v) is 23.9. The van der Waals surface area contributed by atoms with E-state index in [0.29, 0.717) is 5.92 Å². The van der Waals surface area contributed by atoms with Crippen LogP contribution in [0, 0.1) is 5.92 Å². The quantitative estimate of drug-likeness (QED) is 0.164. The van der Waals surface area contributed by atoms with Gasteiger partial charge in [-0.25, -0.2) is 0 Å². The van der Waals surface area contributed by atoms with Gasteiger partial charge in [0.05, 0.1) is 27.4 Å². The molecule has 2 heterocycles. The Bertz CT molecular complexity index is 3540. The molecule has 0 saturated heterocycles. The van der Waals surface area contributed by atoms with Crippen LogP contribution in [0.2, 0.25) is 0 Å². The number of fused-ring (bicyclic) bond motifs is 20. The highest BCUT2D eigenvalue weighted by molar-refractivity contribution is 6.09. The highest BCUT2D eigenvalue weighted by atomic mass is 15.0. The van der Waals surface area contributed by atoms with Gasteiger partial charge >= 0.3 is 0 Å². The van der Waals surface area contributed by atoms with E-state index < -0.39 is 10.8 Å². The van der Waals surface area contributed by atoms with Crippen molar-refractivity contribution in [1.29, 1.82) is 0 Å². The molecule has 64 heavy (non-hydrogen) atoms. The number of allylic oxidation sites excluding steroid dienone is 17. The van der Waals surface area contributed by atoms with Gasteiger partial charge in [0.2, 0.25) is 0 Å². The van der Waals surface area contributed by atoms with E-state index >= 15 is 0 Å². The summed E-state index contributed by atoms with van der Waals surface area (Å²) in [6.07, 6.45) is 37.1. The highest BCUT2D eigenvalue weighted by Crippen LogP contribution is 2.70. The van der Waals surface area contributed by atoms with Gasteiger partial charge in [0.1, 0.15) is 0 Å². The molecule has 0 radical (unpaired) electrons. The number of para-hydroxylation sites is 3. The molecule has 0 bridgehead atoms. The lowest BCUT2D eigenvalue weighted by atomic mass is 9.50. The number of hydrogen-bond donors (Lipinski definition) is 0. The third-order valence-corrected chi connectivity index (χ3v) is 16.7. The van der Waals surface area contributed by atoms with E-state index in [0.717, 1.165) is 57.8 Å². The zero-order valence-electron chi connectivity index (χ0n) is 36.1. The fourth-order valence-electron chi connectivity index (χ4n) is 14.4. The zero-order valence-corrected chi connectivity index (χ0v) is 36.1. The third-order valence-electron chi connectivity index (χ3n) is 16.7. The average molecular weight is 821 g/mol. The zero-order chi connectivity index (χ0) is 41.7. The average Bonchev–Trinajstić information content (AvgIpc) is 4.07. The van der Waals surface area contributed by atoms with Gasteiger partial charge in [-0.15, -0.1) is 0 Å². The molecule has 3 unspecified atom stereocenters. The van der Waals surface area contributed by atoms with Gasteiger partial charge in [-0.3, -0.25) is 0 Å². The van der Waals surface area contributed by atoms with Crippen molar-refractivity contribution in [2.75, 3.05) is 0 Å². The van der Waals surface area contributed by atoms with Gasteiger partial charge in [-0.2, -0.15) is 0 Å². The number of nitrogens with zero attached hydrogens (tertiary/aromatic N) is 2. The fourth-order valence-corrected chi connectivity index (χ4v) is 14.4. The van der Waals surface area contributed by atoms with Crippen molar-refractivity contribution >= 4 is 38.8 Å². The lowest BCUT2D eigenvalue weighted by molar-refractivity contribution is 0.571. The SMILES string of the molecule is C1=CCC2C(=C1)C1(C3=C2C=CCC3)c2ccc(-n3c4ccccc4c4ccccc43)cc2C2(C3=CCCC=C3C3=C2C=CCC3)c2ccc(-n3c4c(c5ccccc53)CCC=C4)cc21. The number of hydrogen-bond acceptors (Lipinski definition) is 0. The lowest BCUT2D eigenvalue weighted by Crippen LogP contribution is -2.45.